The van der Waals surface area contributed by atoms with Gasteiger partial charge in [0.1, 0.15) is 5.82 Å². The number of amidine groups is 1. The molecule has 1 unspecified atom stereocenters. The molecule has 106 valence electrons. The van der Waals surface area contributed by atoms with Gasteiger partial charge in [-0.15, -0.1) is 0 Å². The quantitative estimate of drug-likeness (QED) is 0.383. The molecule has 0 spiro atoms. The summed E-state index contributed by atoms with van der Waals surface area (Å²) < 4.78 is 13.9. The van der Waals surface area contributed by atoms with Gasteiger partial charge in [-0.1, -0.05) is 32.0 Å². The Morgan fingerprint density at radius 2 is 2.00 bits per heavy atom. The Labute approximate surface area is 113 Å². The lowest BCUT2D eigenvalue weighted by molar-refractivity contribution is 0.318. The maximum absolute atomic E-state index is 13.9. The molecular weight excluding hydrogens is 245 g/mol. The van der Waals surface area contributed by atoms with Crippen molar-refractivity contribution in [2.24, 2.45) is 16.3 Å². The zero-order valence-electron chi connectivity index (χ0n) is 12.1. The largest absolute Gasteiger partial charge is 0.409 e. The van der Waals surface area contributed by atoms with E-state index in [0.717, 1.165) is 0 Å². The summed E-state index contributed by atoms with van der Waals surface area (Å²) in [5, 5.41) is 11.7. The molecule has 5 heteroatoms. The normalized spacial score (nSPS) is 14.3. The van der Waals surface area contributed by atoms with Crippen LogP contribution in [0.4, 0.5) is 10.1 Å². The van der Waals surface area contributed by atoms with Crippen molar-refractivity contribution in [1.29, 1.82) is 0 Å². The van der Waals surface area contributed by atoms with E-state index in [0.29, 0.717) is 5.69 Å². The number of nitrogens with zero attached hydrogens (tertiary/aromatic N) is 2. The zero-order valence-corrected chi connectivity index (χ0v) is 12.1. The fourth-order valence-electron chi connectivity index (χ4n) is 1.90. The standard InChI is InChI=1S/C14H22FN3O/c1-9(14(2,3)4)18(5)11-8-6-7-10(15)12(11)13(16)17-19/h6-9,19H,1-5H3,(H2,16,17). The van der Waals surface area contributed by atoms with Crippen molar-refractivity contribution in [3.63, 3.8) is 0 Å². The van der Waals surface area contributed by atoms with E-state index in [-0.39, 0.29) is 22.9 Å². The Bertz CT molecular complexity index is 480. The molecular formula is C14H22FN3O. The van der Waals surface area contributed by atoms with Crippen LogP contribution in [-0.4, -0.2) is 24.1 Å². The van der Waals surface area contributed by atoms with Crippen LogP contribution in [0.1, 0.15) is 33.3 Å². The van der Waals surface area contributed by atoms with E-state index in [1.54, 1.807) is 12.1 Å². The lowest BCUT2D eigenvalue weighted by Gasteiger charge is -2.37. The van der Waals surface area contributed by atoms with Crippen LogP contribution in [0.25, 0.3) is 0 Å². The summed E-state index contributed by atoms with van der Waals surface area (Å²) in [4.78, 5) is 1.94. The minimum atomic E-state index is -0.499. The SMILES string of the molecule is CC(N(C)c1cccc(F)c1C(N)=NO)C(C)(C)C. The van der Waals surface area contributed by atoms with Crippen LogP contribution in [0.5, 0.6) is 0 Å². The number of benzene rings is 1. The molecule has 0 saturated heterocycles. The molecule has 0 amide bonds. The fraction of sp³-hybridized carbons (Fsp3) is 0.500. The first-order chi connectivity index (χ1) is 8.70. The highest BCUT2D eigenvalue weighted by Crippen LogP contribution is 2.30. The Kier molecular flexibility index (Phi) is 4.39. The van der Waals surface area contributed by atoms with Gasteiger partial charge in [-0.05, 0) is 24.5 Å². The predicted molar refractivity (Wildman–Crippen MR) is 76.2 cm³/mol. The third kappa shape index (κ3) is 3.16. The van der Waals surface area contributed by atoms with E-state index in [1.165, 1.54) is 6.07 Å². The van der Waals surface area contributed by atoms with Crippen molar-refractivity contribution < 1.29 is 9.60 Å². The number of hydrogen-bond acceptors (Lipinski definition) is 3. The third-order valence-electron chi connectivity index (χ3n) is 3.57. The second-order valence-corrected chi connectivity index (χ2v) is 5.77. The summed E-state index contributed by atoms with van der Waals surface area (Å²) >= 11 is 0. The summed E-state index contributed by atoms with van der Waals surface area (Å²) in [6, 6.07) is 4.83. The Balaban J connectivity index is 3.32. The molecule has 3 N–H and O–H groups in total. The van der Waals surface area contributed by atoms with Crippen LogP contribution in [-0.2, 0) is 0 Å². The number of hydrogen-bond donors (Lipinski definition) is 2. The van der Waals surface area contributed by atoms with Crippen molar-refractivity contribution in [2.75, 3.05) is 11.9 Å². The molecule has 0 heterocycles. The van der Waals surface area contributed by atoms with Gasteiger partial charge in [-0.2, -0.15) is 0 Å². The molecule has 0 bridgehead atoms. The van der Waals surface area contributed by atoms with Crippen LogP contribution >= 0.6 is 0 Å². The second kappa shape index (κ2) is 5.47. The van der Waals surface area contributed by atoms with Crippen LogP contribution in [0.2, 0.25) is 0 Å². The monoisotopic (exact) mass is 267 g/mol. The Hall–Kier alpha value is -1.78. The number of halogens is 1. The van der Waals surface area contributed by atoms with E-state index >= 15 is 0 Å². The molecule has 0 fully saturated rings. The number of anilines is 1. The molecule has 19 heavy (non-hydrogen) atoms. The van der Waals surface area contributed by atoms with Gasteiger partial charge < -0.3 is 15.8 Å². The molecule has 0 radical (unpaired) electrons. The predicted octanol–water partition coefficient (Wildman–Crippen LogP) is 2.79. The van der Waals surface area contributed by atoms with Crippen molar-refractivity contribution in [3.05, 3.63) is 29.6 Å². The average molecular weight is 267 g/mol. The van der Waals surface area contributed by atoms with Gasteiger partial charge in [0.25, 0.3) is 0 Å². The van der Waals surface area contributed by atoms with Gasteiger partial charge in [0.2, 0.25) is 0 Å². The first kappa shape index (κ1) is 15.3. The zero-order chi connectivity index (χ0) is 14.8. The minimum Gasteiger partial charge on any atom is -0.409 e. The van der Waals surface area contributed by atoms with E-state index in [9.17, 15) is 4.39 Å². The first-order valence-electron chi connectivity index (χ1n) is 6.19. The smallest absolute Gasteiger partial charge is 0.175 e. The molecule has 0 aromatic heterocycles. The van der Waals surface area contributed by atoms with Gasteiger partial charge in [0.05, 0.1) is 11.3 Å². The minimum absolute atomic E-state index is 0.0173. The lowest BCUT2D eigenvalue weighted by Crippen LogP contribution is -2.40. The summed E-state index contributed by atoms with van der Waals surface area (Å²) in [7, 11) is 1.87. The van der Waals surface area contributed by atoms with Crippen molar-refractivity contribution >= 4 is 11.5 Å². The number of rotatable bonds is 3. The topological polar surface area (TPSA) is 61.8 Å². The molecule has 1 rings (SSSR count). The maximum atomic E-state index is 13.9. The molecule has 0 aliphatic heterocycles. The molecule has 0 aliphatic rings. The first-order valence-corrected chi connectivity index (χ1v) is 6.19. The summed E-state index contributed by atoms with van der Waals surface area (Å²) in [5.74, 6) is -0.721. The van der Waals surface area contributed by atoms with E-state index in [4.69, 9.17) is 10.9 Å². The number of oxime groups is 1. The molecule has 0 aliphatic carbocycles. The lowest BCUT2D eigenvalue weighted by atomic mass is 9.86. The second-order valence-electron chi connectivity index (χ2n) is 5.77. The van der Waals surface area contributed by atoms with Crippen LogP contribution in [0, 0.1) is 11.2 Å². The highest BCUT2D eigenvalue weighted by molar-refractivity contribution is 6.02. The molecule has 4 nitrogen and oxygen atoms in total. The summed E-state index contributed by atoms with van der Waals surface area (Å²) in [6.45, 7) is 8.38. The van der Waals surface area contributed by atoms with Crippen molar-refractivity contribution in [2.45, 2.75) is 33.7 Å². The third-order valence-corrected chi connectivity index (χ3v) is 3.57. The number of nitrogens with two attached hydrogens (primary N) is 1. The maximum Gasteiger partial charge on any atom is 0.175 e. The molecule has 0 saturated carbocycles. The van der Waals surface area contributed by atoms with Crippen molar-refractivity contribution in [3.8, 4) is 0 Å². The Morgan fingerprint density at radius 3 is 2.47 bits per heavy atom. The van der Waals surface area contributed by atoms with Crippen molar-refractivity contribution in [1.82, 2.24) is 0 Å². The van der Waals surface area contributed by atoms with Crippen LogP contribution in [0.3, 0.4) is 0 Å². The van der Waals surface area contributed by atoms with E-state index in [2.05, 4.69) is 32.9 Å². The molecule has 1 aromatic carbocycles. The summed E-state index contributed by atoms with van der Waals surface area (Å²) in [6.07, 6.45) is 0. The van der Waals surface area contributed by atoms with Gasteiger partial charge in [-0.25, -0.2) is 4.39 Å². The van der Waals surface area contributed by atoms with Gasteiger partial charge in [0, 0.05) is 13.1 Å². The molecule has 1 aromatic rings. The van der Waals surface area contributed by atoms with E-state index < -0.39 is 5.82 Å². The van der Waals surface area contributed by atoms with E-state index in [1.807, 2.05) is 11.9 Å². The highest BCUT2D eigenvalue weighted by atomic mass is 19.1. The highest BCUT2D eigenvalue weighted by Gasteiger charge is 2.27. The average Bonchev–Trinajstić information content (AvgIpc) is 2.34. The van der Waals surface area contributed by atoms with Crippen LogP contribution in [0.15, 0.2) is 23.4 Å². The Morgan fingerprint density at radius 1 is 1.42 bits per heavy atom. The van der Waals surface area contributed by atoms with Crippen LogP contribution < -0.4 is 10.6 Å². The van der Waals surface area contributed by atoms with Gasteiger partial charge in [0.15, 0.2) is 5.84 Å². The van der Waals surface area contributed by atoms with Gasteiger partial charge >= 0.3 is 0 Å². The summed E-state index contributed by atoms with van der Waals surface area (Å²) in [5.41, 5.74) is 6.33. The molecule has 1 atom stereocenters. The fourth-order valence-corrected chi connectivity index (χ4v) is 1.90. The van der Waals surface area contributed by atoms with Gasteiger partial charge in [-0.3, -0.25) is 0 Å².